The fourth-order valence-electron chi connectivity index (χ4n) is 1.34. The first-order chi connectivity index (χ1) is 7.08. The van der Waals surface area contributed by atoms with Crippen LogP contribution in [0.5, 0.6) is 5.75 Å². The monoisotopic (exact) mass is 232 g/mol. The van der Waals surface area contributed by atoms with Gasteiger partial charge in [-0.15, -0.1) is 0 Å². The van der Waals surface area contributed by atoms with Crippen LogP contribution in [0.1, 0.15) is 15.9 Å². The first-order valence-corrected chi connectivity index (χ1v) is 4.49. The number of carboxylic acid groups (broad SMARTS) is 1. The third kappa shape index (κ3) is 1.88. The van der Waals surface area contributed by atoms with Crippen LogP contribution >= 0.6 is 11.6 Å². The SMILES string of the molecule is O=C(O)c1cc(F)cc2c1OC(Cl)OC2. The first-order valence-electron chi connectivity index (χ1n) is 4.06. The Hall–Kier alpha value is -1.33. The smallest absolute Gasteiger partial charge is 0.339 e. The van der Waals surface area contributed by atoms with Crippen molar-refractivity contribution in [1.82, 2.24) is 0 Å². The molecule has 0 aliphatic carbocycles. The molecule has 0 radical (unpaired) electrons. The molecular weight excluding hydrogens is 227 g/mol. The molecule has 0 amide bonds. The molecule has 0 fully saturated rings. The summed E-state index contributed by atoms with van der Waals surface area (Å²) in [6.07, 6.45) is 0. The van der Waals surface area contributed by atoms with Crippen LogP contribution in [0.4, 0.5) is 4.39 Å². The maximum Gasteiger partial charge on any atom is 0.339 e. The molecule has 1 aliphatic heterocycles. The van der Waals surface area contributed by atoms with Crippen molar-refractivity contribution in [2.24, 2.45) is 0 Å². The van der Waals surface area contributed by atoms with Gasteiger partial charge in [0, 0.05) is 5.56 Å². The zero-order chi connectivity index (χ0) is 11.0. The molecule has 1 unspecified atom stereocenters. The van der Waals surface area contributed by atoms with Crippen LogP contribution in [-0.4, -0.2) is 16.8 Å². The summed E-state index contributed by atoms with van der Waals surface area (Å²) in [6, 6.07) is 2.04. The van der Waals surface area contributed by atoms with Crippen molar-refractivity contribution >= 4 is 17.6 Å². The van der Waals surface area contributed by atoms with Crippen molar-refractivity contribution in [1.29, 1.82) is 0 Å². The zero-order valence-electron chi connectivity index (χ0n) is 7.37. The summed E-state index contributed by atoms with van der Waals surface area (Å²) in [4.78, 5) is 10.8. The van der Waals surface area contributed by atoms with Gasteiger partial charge in [-0.3, -0.25) is 0 Å². The summed E-state index contributed by atoms with van der Waals surface area (Å²) >= 11 is 5.53. The Kier molecular flexibility index (Phi) is 2.50. The van der Waals surface area contributed by atoms with Crippen molar-refractivity contribution < 1.29 is 23.8 Å². The second-order valence-electron chi connectivity index (χ2n) is 2.95. The Morgan fingerprint density at radius 3 is 3.00 bits per heavy atom. The summed E-state index contributed by atoms with van der Waals surface area (Å²) in [5.74, 6) is -2.89. The fourth-order valence-corrected chi connectivity index (χ4v) is 1.49. The average Bonchev–Trinajstić information content (AvgIpc) is 2.17. The number of hydrogen-bond donors (Lipinski definition) is 1. The van der Waals surface area contributed by atoms with E-state index in [0.717, 1.165) is 12.1 Å². The van der Waals surface area contributed by atoms with Gasteiger partial charge in [-0.25, -0.2) is 9.18 Å². The van der Waals surface area contributed by atoms with Gasteiger partial charge in [0.15, 0.2) is 0 Å². The predicted molar refractivity (Wildman–Crippen MR) is 48.4 cm³/mol. The zero-order valence-corrected chi connectivity index (χ0v) is 8.12. The van der Waals surface area contributed by atoms with E-state index in [9.17, 15) is 9.18 Å². The molecule has 1 N–H and O–H groups in total. The number of carbonyl (C=O) groups is 1. The second kappa shape index (κ2) is 3.67. The van der Waals surface area contributed by atoms with Crippen molar-refractivity contribution in [2.75, 3.05) is 0 Å². The van der Waals surface area contributed by atoms with Gasteiger partial charge < -0.3 is 14.6 Å². The van der Waals surface area contributed by atoms with Crippen LogP contribution in [0.15, 0.2) is 12.1 Å². The van der Waals surface area contributed by atoms with E-state index in [-0.39, 0.29) is 17.9 Å². The van der Waals surface area contributed by atoms with Crippen LogP contribution in [0.2, 0.25) is 0 Å². The molecule has 6 heteroatoms. The minimum Gasteiger partial charge on any atom is -0.478 e. The number of hydrogen-bond acceptors (Lipinski definition) is 3. The lowest BCUT2D eigenvalue weighted by Crippen LogP contribution is -2.22. The molecule has 1 atom stereocenters. The highest BCUT2D eigenvalue weighted by Gasteiger charge is 2.25. The van der Waals surface area contributed by atoms with Crippen LogP contribution in [0, 0.1) is 5.82 Å². The number of carboxylic acids is 1. The Labute approximate surface area is 89.2 Å². The molecule has 15 heavy (non-hydrogen) atoms. The largest absolute Gasteiger partial charge is 0.478 e. The van der Waals surface area contributed by atoms with E-state index in [1.807, 2.05) is 0 Å². The topological polar surface area (TPSA) is 55.8 Å². The highest BCUT2D eigenvalue weighted by atomic mass is 35.5. The van der Waals surface area contributed by atoms with E-state index in [0.29, 0.717) is 5.56 Å². The third-order valence-electron chi connectivity index (χ3n) is 1.94. The predicted octanol–water partition coefficient (Wildman–Crippen LogP) is 1.96. The van der Waals surface area contributed by atoms with E-state index < -0.39 is 17.5 Å². The van der Waals surface area contributed by atoms with E-state index in [1.54, 1.807) is 0 Å². The summed E-state index contributed by atoms with van der Waals surface area (Å²) in [7, 11) is 0. The standard InChI is InChI=1S/C9H6ClFO4/c10-9-14-3-4-1-5(11)2-6(8(12)13)7(4)15-9/h1-2,9H,3H2,(H,12,13). The molecule has 0 bridgehead atoms. The van der Waals surface area contributed by atoms with Gasteiger partial charge in [0.1, 0.15) is 17.1 Å². The Morgan fingerprint density at radius 2 is 2.33 bits per heavy atom. The summed E-state index contributed by atoms with van der Waals surface area (Å²) in [6.45, 7) is 0.0293. The maximum absolute atomic E-state index is 13.0. The van der Waals surface area contributed by atoms with Crippen LogP contribution in [0.3, 0.4) is 0 Å². The number of halogens is 2. The average molecular weight is 233 g/mol. The molecule has 1 aromatic rings. The molecular formula is C9H6ClFO4. The molecule has 0 spiro atoms. The summed E-state index contributed by atoms with van der Waals surface area (Å²) < 4.78 is 22.9. The van der Waals surface area contributed by atoms with Crippen LogP contribution in [-0.2, 0) is 11.3 Å². The van der Waals surface area contributed by atoms with Crippen molar-refractivity contribution in [3.8, 4) is 5.75 Å². The number of alkyl halides is 1. The Morgan fingerprint density at radius 1 is 1.60 bits per heavy atom. The van der Waals surface area contributed by atoms with Crippen molar-refractivity contribution in [3.63, 3.8) is 0 Å². The Balaban J connectivity index is 2.55. The minimum absolute atomic E-state index is 0.0293. The Bertz CT molecular complexity index is 421. The molecule has 1 heterocycles. The van der Waals surface area contributed by atoms with Crippen LogP contribution < -0.4 is 4.74 Å². The first kappa shape index (κ1) is 10.2. The number of benzene rings is 1. The molecule has 4 nitrogen and oxygen atoms in total. The van der Waals surface area contributed by atoms with Gasteiger partial charge in [0.25, 0.3) is 5.75 Å². The van der Waals surface area contributed by atoms with Gasteiger partial charge in [0.2, 0.25) is 0 Å². The highest BCUT2D eigenvalue weighted by molar-refractivity contribution is 6.19. The molecule has 1 aromatic carbocycles. The summed E-state index contributed by atoms with van der Waals surface area (Å²) in [5.41, 5.74) is 0.0863. The molecule has 0 aromatic heterocycles. The summed E-state index contributed by atoms with van der Waals surface area (Å²) in [5, 5.41) is 8.82. The second-order valence-corrected chi connectivity index (χ2v) is 3.31. The lowest BCUT2D eigenvalue weighted by Gasteiger charge is -2.23. The van der Waals surface area contributed by atoms with E-state index in [2.05, 4.69) is 0 Å². The maximum atomic E-state index is 13.0. The minimum atomic E-state index is -1.27. The quantitative estimate of drug-likeness (QED) is 0.752. The number of rotatable bonds is 1. The normalized spacial score (nSPS) is 19.2. The molecule has 0 saturated heterocycles. The van der Waals surface area contributed by atoms with E-state index >= 15 is 0 Å². The highest BCUT2D eigenvalue weighted by Crippen LogP contribution is 2.32. The number of aromatic carboxylic acids is 1. The van der Waals surface area contributed by atoms with E-state index in [4.69, 9.17) is 26.2 Å². The lowest BCUT2D eigenvalue weighted by molar-refractivity contribution is -0.0516. The molecule has 2 rings (SSSR count). The molecule has 1 aliphatic rings. The van der Waals surface area contributed by atoms with Crippen molar-refractivity contribution in [3.05, 3.63) is 29.1 Å². The van der Waals surface area contributed by atoms with Crippen molar-refractivity contribution in [2.45, 2.75) is 12.4 Å². The number of fused-ring (bicyclic) bond motifs is 1. The number of ether oxygens (including phenoxy) is 2. The van der Waals surface area contributed by atoms with Gasteiger partial charge >= 0.3 is 5.97 Å². The van der Waals surface area contributed by atoms with E-state index in [1.165, 1.54) is 0 Å². The van der Waals surface area contributed by atoms with Gasteiger partial charge in [-0.05, 0) is 23.7 Å². The lowest BCUT2D eigenvalue weighted by atomic mass is 10.1. The van der Waals surface area contributed by atoms with Crippen LogP contribution in [0.25, 0.3) is 0 Å². The van der Waals surface area contributed by atoms with Gasteiger partial charge in [-0.1, -0.05) is 0 Å². The molecule has 0 saturated carbocycles. The molecule has 80 valence electrons. The van der Waals surface area contributed by atoms with Gasteiger partial charge in [-0.2, -0.15) is 0 Å². The third-order valence-corrected chi connectivity index (χ3v) is 2.16. The fraction of sp³-hybridized carbons (Fsp3) is 0.222. The van der Waals surface area contributed by atoms with Gasteiger partial charge in [0.05, 0.1) is 6.61 Å².